The van der Waals surface area contributed by atoms with E-state index in [1.54, 1.807) is 0 Å². The lowest BCUT2D eigenvalue weighted by atomic mass is 10.2. The molecule has 0 aromatic heterocycles. The van der Waals surface area contributed by atoms with Crippen LogP contribution in [0, 0.1) is 0 Å². The maximum absolute atomic E-state index is 3.72. The van der Waals surface area contributed by atoms with Gasteiger partial charge in [-0.25, -0.2) is 0 Å². The minimum absolute atomic E-state index is 1.02. The van der Waals surface area contributed by atoms with Crippen LogP contribution < -0.4 is 0 Å². The lowest BCUT2D eigenvalue weighted by molar-refractivity contribution is 0.711. The number of hydrogen-bond donors (Lipinski definition) is 0. The van der Waals surface area contributed by atoms with E-state index in [0.717, 1.165) is 11.0 Å². The summed E-state index contributed by atoms with van der Waals surface area (Å²) in [5.41, 5.74) is 0. The Bertz CT molecular complexity index is 155. The minimum atomic E-state index is 1.02. The van der Waals surface area contributed by atoms with Crippen LogP contribution in [0.5, 0.6) is 0 Å². The van der Waals surface area contributed by atoms with Crippen LogP contribution in [-0.4, -0.2) is 34.0 Å². The van der Waals surface area contributed by atoms with Gasteiger partial charge >= 0.3 is 0 Å². The topological polar surface area (TPSA) is 0 Å². The van der Waals surface area contributed by atoms with Crippen molar-refractivity contribution in [2.75, 3.05) is 28.8 Å². The van der Waals surface area contributed by atoms with E-state index in [4.69, 9.17) is 0 Å². The molecule has 0 saturated carbocycles. The summed E-state index contributed by atoms with van der Waals surface area (Å²) in [6, 6.07) is 0. The summed E-state index contributed by atoms with van der Waals surface area (Å²) in [7, 11) is 0. The third-order valence-corrected chi connectivity index (χ3v) is 5.72. The van der Waals surface area contributed by atoms with Crippen molar-refractivity contribution in [1.82, 2.24) is 0 Å². The summed E-state index contributed by atoms with van der Waals surface area (Å²) < 4.78 is 0. The molecule has 1 aliphatic rings. The molecule has 0 aromatic carbocycles. The number of hydrogen-bond acceptors (Lipinski definition) is 3. The molecule has 88 valence electrons. The largest absolute Gasteiger partial charge is 0.161 e. The van der Waals surface area contributed by atoms with Crippen LogP contribution in [0.2, 0.25) is 0 Å². The Morgan fingerprint density at radius 3 is 2.40 bits per heavy atom. The molecule has 1 heterocycles. The highest BCUT2D eigenvalue weighted by Gasteiger charge is 2.21. The van der Waals surface area contributed by atoms with Crippen LogP contribution in [0.25, 0.3) is 0 Å². The van der Waals surface area contributed by atoms with Crippen LogP contribution >= 0.6 is 35.3 Å². The van der Waals surface area contributed by atoms with Crippen LogP contribution in [0.4, 0.5) is 0 Å². The highest BCUT2D eigenvalue weighted by molar-refractivity contribution is 8.08. The third-order valence-electron chi connectivity index (χ3n) is 2.27. The predicted molar refractivity (Wildman–Crippen MR) is 79.6 cm³/mol. The number of thioether (sulfide) groups is 3. The van der Waals surface area contributed by atoms with Gasteiger partial charge in [-0.1, -0.05) is 18.9 Å². The molecule has 0 bridgehead atoms. The van der Waals surface area contributed by atoms with Gasteiger partial charge in [0.05, 0.1) is 0 Å². The highest BCUT2D eigenvalue weighted by atomic mass is 32.2. The van der Waals surface area contributed by atoms with Crippen LogP contribution in [0.1, 0.15) is 25.7 Å². The fraction of sp³-hybridized carbons (Fsp3) is 0.833. The quantitative estimate of drug-likeness (QED) is 0.309. The molecule has 0 nitrogen and oxygen atoms in total. The molecule has 0 radical (unpaired) electrons. The van der Waals surface area contributed by atoms with Gasteiger partial charge in [-0.3, -0.25) is 0 Å². The average Bonchev–Trinajstić information content (AvgIpc) is 3.05. The van der Waals surface area contributed by atoms with Gasteiger partial charge in [-0.05, 0) is 24.3 Å². The van der Waals surface area contributed by atoms with Gasteiger partial charge in [0.1, 0.15) is 0 Å². The molecular weight excluding hydrogens is 240 g/mol. The molecule has 1 saturated heterocycles. The van der Waals surface area contributed by atoms with E-state index in [2.05, 4.69) is 30.1 Å². The first-order valence-corrected chi connectivity index (χ1v) is 9.17. The summed E-state index contributed by atoms with van der Waals surface area (Å²) in [6.45, 7) is 3.72. The van der Waals surface area contributed by atoms with E-state index in [-0.39, 0.29) is 0 Å². The van der Waals surface area contributed by atoms with Crippen molar-refractivity contribution >= 4 is 35.3 Å². The zero-order chi connectivity index (χ0) is 10.8. The Hall–Kier alpha value is 0.790. The molecule has 15 heavy (non-hydrogen) atoms. The Morgan fingerprint density at radius 1 is 1.13 bits per heavy atom. The second kappa shape index (κ2) is 9.98. The Balaban J connectivity index is 1.63. The molecule has 1 aliphatic heterocycles. The molecule has 0 spiro atoms. The first-order valence-electron chi connectivity index (χ1n) is 5.81. The Morgan fingerprint density at radius 2 is 1.80 bits per heavy atom. The van der Waals surface area contributed by atoms with Crippen molar-refractivity contribution in [2.24, 2.45) is 0 Å². The van der Waals surface area contributed by atoms with Crippen LogP contribution in [0.3, 0.4) is 0 Å². The molecule has 0 aromatic rings. The van der Waals surface area contributed by atoms with Crippen molar-refractivity contribution in [2.45, 2.75) is 30.9 Å². The molecule has 1 atom stereocenters. The SMILES string of the molecule is C=CCSCCCCCCSCC1CS1. The van der Waals surface area contributed by atoms with Gasteiger partial charge in [0.25, 0.3) is 0 Å². The second-order valence-corrected chi connectivity index (χ2v) is 7.44. The average molecular weight is 263 g/mol. The zero-order valence-corrected chi connectivity index (χ0v) is 11.9. The molecule has 1 unspecified atom stereocenters. The van der Waals surface area contributed by atoms with Gasteiger partial charge in [-0.2, -0.15) is 35.3 Å². The first-order chi connectivity index (χ1) is 7.43. The summed E-state index contributed by atoms with van der Waals surface area (Å²) >= 11 is 6.28. The summed E-state index contributed by atoms with van der Waals surface area (Å²) in [6.07, 6.45) is 7.66. The van der Waals surface area contributed by atoms with Gasteiger partial charge in [0.2, 0.25) is 0 Å². The maximum Gasteiger partial charge on any atom is 0.0229 e. The lowest BCUT2D eigenvalue weighted by Gasteiger charge is -2.01. The number of rotatable bonds is 11. The Kier molecular flexibility index (Phi) is 9.21. The molecule has 1 rings (SSSR count). The van der Waals surface area contributed by atoms with Crippen molar-refractivity contribution < 1.29 is 0 Å². The van der Waals surface area contributed by atoms with Gasteiger partial charge < -0.3 is 0 Å². The Labute approximate surface area is 107 Å². The van der Waals surface area contributed by atoms with E-state index in [1.165, 1.54) is 48.7 Å². The van der Waals surface area contributed by atoms with Crippen LogP contribution in [-0.2, 0) is 0 Å². The van der Waals surface area contributed by atoms with E-state index in [1.807, 2.05) is 17.8 Å². The maximum atomic E-state index is 3.72. The van der Waals surface area contributed by atoms with Crippen molar-refractivity contribution in [3.05, 3.63) is 12.7 Å². The zero-order valence-electron chi connectivity index (χ0n) is 9.45. The monoisotopic (exact) mass is 262 g/mol. The van der Waals surface area contributed by atoms with Gasteiger partial charge in [0, 0.05) is 22.5 Å². The standard InChI is InChI=1S/C12H22S3/c1-2-7-13-8-5-3-4-6-9-14-10-12-11-15-12/h2,12H,1,3-11H2. The predicted octanol–water partition coefficient (Wildman–Crippen LogP) is 4.31. The van der Waals surface area contributed by atoms with E-state index >= 15 is 0 Å². The first kappa shape index (κ1) is 13.9. The molecule has 3 heteroatoms. The summed E-state index contributed by atoms with van der Waals surface area (Å²) in [5.74, 6) is 6.65. The minimum Gasteiger partial charge on any atom is -0.161 e. The van der Waals surface area contributed by atoms with Gasteiger partial charge in [-0.15, -0.1) is 6.58 Å². The third kappa shape index (κ3) is 9.70. The van der Waals surface area contributed by atoms with Crippen molar-refractivity contribution in [3.63, 3.8) is 0 Å². The molecule has 0 amide bonds. The van der Waals surface area contributed by atoms with E-state index in [9.17, 15) is 0 Å². The van der Waals surface area contributed by atoms with Crippen molar-refractivity contribution in [3.8, 4) is 0 Å². The number of unbranched alkanes of at least 4 members (excludes halogenated alkanes) is 3. The van der Waals surface area contributed by atoms with E-state index in [0.29, 0.717) is 0 Å². The summed E-state index contributed by atoms with van der Waals surface area (Å²) in [5, 5.41) is 1.02. The fourth-order valence-electron chi connectivity index (χ4n) is 1.31. The van der Waals surface area contributed by atoms with Crippen LogP contribution in [0.15, 0.2) is 12.7 Å². The molecule has 1 fully saturated rings. The van der Waals surface area contributed by atoms with Gasteiger partial charge in [0.15, 0.2) is 0 Å². The normalized spacial score (nSPS) is 19.1. The second-order valence-electron chi connectivity index (χ2n) is 3.81. The molecule has 0 N–H and O–H groups in total. The smallest absolute Gasteiger partial charge is 0.0229 e. The summed E-state index contributed by atoms with van der Waals surface area (Å²) in [4.78, 5) is 0. The highest BCUT2D eigenvalue weighted by Crippen LogP contribution is 2.33. The van der Waals surface area contributed by atoms with E-state index < -0.39 is 0 Å². The lowest BCUT2D eigenvalue weighted by Crippen LogP contribution is -1.90. The van der Waals surface area contributed by atoms with Crippen molar-refractivity contribution in [1.29, 1.82) is 0 Å². The molecular formula is C12H22S3. The molecule has 0 aliphatic carbocycles. The fourth-order valence-corrected chi connectivity index (χ4v) is 4.08.